The number of carbonyl (C=O) groups is 1. The molecule has 5 nitrogen and oxygen atoms in total. The number of nitrogens with zero attached hydrogens (tertiary/aromatic N) is 1. The van der Waals surface area contributed by atoms with Gasteiger partial charge >= 0.3 is 0 Å². The Kier molecular flexibility index (Phi) is 4.23. The van der Waals surface area contributed by atoms with Crippen molar-refractivity contribution in [1.29, 1.82) is 0 Å². The highest BCUT2D eigenvalue weighted by Crippen LogP contribution is 2.54. The fourth-order valence-corrected chi connectivity index (χ4v) is 4.49. The number of likely N-dealkylation sites (tertiary alicyclic amines) is 1. The monoisotopic (exact) mass is 336 g/mol. The normalized spacial score (nSPS) is 23.0. The summed E-state index contributed by atoms with van der Waals surface area (Å²) < 4.78 is 25.4. The van der Waals surface area contributed by atoms with Crippen LogP contribution in [0.4, 0.5) is 0 Å². The molecule has 1 saturated heterocycles. The molecule has 2 fully saturated rings. The van der Waals surface area contributed by atoms with Gasteiger partial charge in [-0.15, -0.1) is 0 Å². The molecule has 1 aliphatic carbocycles. The summed E-state index contributed by atoms with van der Waals surface area (Å²) in [6.45, 7) is 3.49. The number of nitrogens with one attached hydrogen (secondary N) is 1. The van der Waals surface area contributed by atoms with Gasteiger partial charge in [0.25, 0.3) is 0 Å². The van der Waals surface area contributed by atoms with E-state index in [4.69, 9.17) is 0 Å². The number of carbonyl (C=O) groups excluding carboxylic acids is 1. The molecule has 1 N–H and O–H groups in total. The average Bonchev–Trinajstić information content (AvgIpc) is 3.08. The third-order valence-corrected chi connectivity index (χ3v) is 5.81. The molecule has 6 heteroatoms. The zero-order valence-electron chi connectivity index (χ0n) is 13.7. The summed E-state index contributed by atoms with van der Waals surface area (Å²) in [6, 6.07) is 8.11. The lowest BCUT2D eigenvalue weighted by atomic mass is 9.92. The minimum atomic E-state index is -3.14. The minimum absolute atomic E-state index is 0.0616. The number of benzene rings is 1. The van der Waals surface area contributed by atoms with Gasteiger partial charge in [-0.2, -0.15) is 0 Å². The molecule has 2 aliphatic rings. The van der Waals surface area contributed by atoms with E-state index in [0.29, 0.717) is 6.42 Å². The van der Waals surface area contributed by atoms with Gasteiger partial charge < -0.3 is 4.90 Å². The standard InChI is InChI=1S/C17H24N2O3S/c1-13-4-3-5-14(10-13)11-16(20)19-8-6-17(7-9-19)12-15(17)18-23(2,21)22/h3-5,10,15,18H,6-9,11-12H2,1-2H3. The van der Waals surface area contributed by atoms with Crippen molar-refractivity contribution in [3.05, 3.63) is 35.4 Å². The molecule has 1 atom stereocenters. The molecule has 1 amide bonds. The first-order valence-electron chi connectivity index (χ1n) is 8.08. The SMILES string of the molecule is Cc1cccc(CC(=O)N2CCC3(CC2)CC3NS(C)(=O)=O)c1. The number of piperidine rings is 1. The molecule has 126 valence electrons. The molecule has 1 spiro atoms. The molecule has 0 aromatic heterocycles. The summed E-state index contributed by atoms with van der Waals surface area (Å²) in [7, 11) is -3.14. The fraction of sp³-hybridized carbons (Fsp3) is 0.588. The van der Waals surface area contributed by atoms with E-state index in [2.05, 4.69) is 10.8 Å². The number of sulfonamides is 1. The summed E-state index contributed by atoms with van der Waals surface area (Å²) in [5.41, 5.74) is 2.31. The molecule has 1 aliphatic heterocycles. The van der Waals surface area contributed by atoms with Crippen molar-refractivity contribution in [1.82, 2.24) is 9.62 Å². The molecule has 0 bridgehead atoms. The van der Waals surface area contributed by atoms with Gasteiger partial charge in [-0.1, -0.05) is 29.8 Å². The van der Waals surface area contributed by atoms with Crippen LogP contribution in [0.3, 0.4) is 0 Å². The molecule has 1 aromatic rings. The van der Waals surface area contributed by atoms with Crippen LogP contribution in [-0.4, -0.2) is 44.6 Å². The minimum Gasteiger partial charge on any atom is -0.342 e. The van der Waals surface area contributed by atoms with Crippen LogP contribution < -0.4 is 4.72 Å². The molecule has 1 saturated carbocycles. The van der Waals surface area contributed by atoms with E-state index in [0.717, 1.165) is 37.9 Å². The fourth-order valence-electron chi connectivity index (χ4n) is 3.64. The van der Waals surface area contributed by atoms with Gasteiger partial charge in [0, 0.05) is 19.1 Å². The van der Waals surface area contributed by atoms with Crippen molar-refractivity contribution < 1.29 is 13.2 Å². The summed E-state index contributed by atoms with van der Waals surface area (Å²) in [5.74, 6) is 0.165. The van der Waals surface area contributed by atoms with Crippen LogP contribution in [0.15, 0.2) is 24.3 Å². The van der Waals surface area contributed by atoms with Crippen molar-refractivity contribution in [2.75, 3.05) is 19.3 Å². The second-order valence-corrected chi connectivity index (χ2v) is 8.84. The van der Waals surface area contributed by atoms with Gasteiger partial charge in [0.05, 0.1) is 12.7 Å². The van der Waals surface area contributed by atoms with Crippen LogP contribution in [0.2, 0.25) is 0 Å². The molecular weight excluding hydrogens is 312 g/mol. The van der Waals surface area contributed by atoms with Gasteiger partial charge in [0.2, 0.25) is 15.9 Å². The number of aryl methyl sites for hydroxylation is 1. The molecule has 1 unspecified atom stereocenters. The van der Waals surface area contributed by atoms with E-state index < -0.39 is 10.0 Å². The Balaban J connectivity index is 1.52. The summed E-state index contributed by atoms with van der Waals surface area (Å²) in [4.78, 5) is 14.4. The predicted molar refractivity (Wildman–Crippen MR) is 89.5 cm³/mol. The lowest BCUT2D eigenvalue weighted by Crippen LogP contribution is -2.42. The van der Waals surface area contributed by atoms with Gasteiger partial charge in [0.1, 0.15) is 0 Å². The lowest BCUT2D eigenvalue weighted by Gasteiger charge is -2.33. The van der Waals surface area contributed by atoms with Gasteiger partial charge in [-0.05, 0) is 37.2 Å². The Morgan fingerprint density at radius 1 is 1.35 bits per heavy atom. The van der Waals surface area contributed by atoms with Gasteiger partial charge in [-0.25, -0.2) is 13.1 Å². The third kappa shape index (κ3) is 3.93. The van der Waals surface area contributed by atoms with E-state index in [9.17, 15) is 13.2 Å². The number of rotatable bonds is 4. The first-order chi connectivity index (χ1) is 10.8. The highest BCUT2D eigenvalue weighted by Gasteiger charge is 2.56. The first-order valence-corrected chi connectivity index (χ1v) is 9.97. The van der Waals surface area contributed by atoms with E-state index in [1.807, 2.05) is 30.0 Å². The van der Waals surface area contributed by atoms with Crippen molar-refractivity contribution >= 4 is 15.9 Å². The molecule has 1 heterocycles. The Labute approximate surface area is 138 Å². The Morgan fingerprint density at radius 2 is 2.04 bits per heavy atom. The lowest BCUT2D eigenvalue weighted by molar-refractivity contribution is -0.132. The Morgan fingerprint density at radius 3 is 2.65 bits per heavy atom. The van der Waals surface area contributed by atoms with Gasteiger partial charge in [-0.3, -0.25) is 4.79 Å². The maximum Gasteiger partial charge on any atom is 0.226 e. The van der Waals surface area contributed by atoms with E-state index >= 15 is 0 Å². The number of hydrogen-bond acceptors (Lipinski definition) is 3. The van der Waals surface area contributed by atoms with Crippen LogP contribution >= 0.6 is 0 Å². The maximum atomic E-state index is 12.4. The highest BCUT2D eigenvalue weighted by molar-refractivity contribution is 7.88. The zero-order valence-corrected chi connectivity index (χ0v) is 14.5. The summed E-state index contributed by atoms with van der Waals surface area (Å²) in [6.07, 6.45) is 4.33. The largest absolute Gasteiger partial charge is 0.342 e. The average molecular weight is 336 g/mol. The van der Waals surface area contributed by atoms with Crippen LogP contribution in [0.1, 0.15) is 30.4 Å². The van der Waals surface area contributed by atoms with Crippen molar-refractivity contribution in [2.24, 2.45) is 5.41 Å². The summed E-state index contributed by atoms with van der Waals surface area (Å²) >= 11 is 0. The topological polar surface area (TPSA) is 66.5 Å². The van der Waals surface area contributed by atoms with E-state index in [1.54, 1.807) is 0 Å². The highest BCUT2D eigenvalue weighted by atomic mass is 32.2. The molecule has 0 radical (unpaired) electrons. The maximum absolute atomic E-state index is 12.4. The molecule has 3 rings (SSSR count). The molecular formula is C17H24N2O3S. The zero-order chi connectivity index (χ0) is 16.7. The van der Waals surface area contributed by atoms with E-state index in [1.165, 1.54) is 11.8 Å². The molecule has 23 heavy (non-hydrogen) atoms. The summed E-state index contributed by atoms with van der Waals surface area (Å²) in [5, 5.41) is 0. The quantitative estimate of drug-likeness (QED) is 0.905. The number of hydrogen-bond donors (Lipinski definition) is 1. The van der Waals surface area contributed by atoms with Crippen LogP contribution in [0.5, 0.6) is 0 Å². The Hall–Kier alpha value is -1.40. The smallest absolute Gasteiger partial charge is 0.226 e. The third-order valence-electron chi connectivity index (χ3n) is 5.10. The van der Waals surface area contributed by atoms with Gasteiger partial charge in [0.15, 0.2) is 0 Å². The molecule has 1 aromatic carbocycles. The first kappa shape index (κ1) is 16.5. The van der Waals surface area contributed by atoms with Crippen LogP contribution in [0, 0.1) is 12.3 Å². The van der Waals surface area contributed by atoms with Crippen LogP contribution in [0.25, 0.3) is 0 Å². The van der Waals surface area contributed by atoms with E-state index in [-0.39, 0.29) is 17.4 Å². The number of amides is 1. The second-order valence-electron chi connectivity index (χ2n) is 7.06. The Bertz CT molecular complexity index is 706. The van der Waals surface area contributed by atoms with Crippen molar-refractivity contribution in [3.8, 4) is 0 Å². The van der Waals surface area contributed by atoms with Crippen molar-refractivity contribution in [3.63, 3.8) is 0 Å². The van der Waals surface area contributed by atoms with Crippen LogP contribution in [-0.2, 0) is 21.2 Å². The predicted octanol–water partition coefficient (Wildman–Crippen LogP) is 1.47. The van der Waals surface area contributed by atoms with Crippen molar-refractivity contribution in [2.45, 2.75) is 38.6 Å². The second kappa shape index (κ2) is 5.91.